The van der Waals surface area contributed by atoms with Gasteiger partial charge in [0.1, 0.15) is 0 Å². The molecule has 2 heteroatoms. The molecule has 96 valence electrons. The number of aromatic nitrogens is 2. The topological polar surface area (TPSA) is 25.8 Å². The van der Waals surface area contributed by atoms with Crippen molar-refractivity contribution in [2.45, 2.75) is 52.9 Å². The van der Waals surface area contributed by atoms with Crippen molar-refractivity contribution < 1.29 is 0 Å². The second-order valence-electron chi connectivity index (χ2n) is 6.68. The highest BCUT2D eigenvalue weighted by atomic mass is 14.8. The van der Waals surface area contributed by atoms with Crippen molar-refractivity contribution in [1.29, 1.82) is 0 Å². The normalized spacial score (nSPS) is 25.7. The summed E-state index contributed by atoms with van der Waals surface area (Å²) in [6.07, 6.45) is 10.5. The Bertz CT molecular complexity index is 500. The number of aryl methyl sites for hydroxylation is 2. The Labute approximate surface area is 110 Å². The standard InChI is InChI=1S/C16H22N2/c1-11-10-17-15-8-13-9-16(2,3)7-6-12(13)4-5-14(15)18-11/h8,10,12H,4-7,9H2,1-3H3. The Morgan fingerprint density at radius 2 is 2.11 bits per heavy atom. The Morgan fingerprint density at radius 3 is 2.94 bits per heavy atom. The molecule has 1 aromatic rings. The van der Waals surface area contributed by atoms with Crippen molar-refractivity contribution in [3.8, 4) is 0 Å². The molecule has 0 saturated heterocycles. The van der Waals surface area contributed by atoms with E-state index in [2.05, 4.69) is 29.9 Å². The highest BCUT2D eigenvalue weighted by Gasteiger charge is 2.32. The van der Waals surface area contributed by atoms with E-state index in [1.165, 1.54) is 31.4 Å². The summed E-state index contributed by atoms with van der Waals surface area (Å²) in [5.41, 5.74) is 5.44. The molecule has 18 heavy (non-hydrogen) atoms. The van der Waals surface area contributed by atoms with Gasteiger partial charge in [-0.2, -0.15) is 0 Å². The lowest BCUT2D eigenvalue weighted by molar-refractivity contribution is 0.245. The molecule has 1 aromatic heterocycles. The largest absolute Gasteiger partial charge is 0.254 e. The molecular formula is C16H22N2. The predicted molar refractivity (Wildman–Crippen MR) is 74.2 cm³/mol. The summed E-state index contributed by atoms with van der Waals surface area (Å²) in [6.45, 7) is 6.80. The quantitative estimate of drug-likeness (QED) is 0.688. The van der Waals surface area contributed by atoms with Crippen LogP contribution in [0.5, 0.6) is 0 Å². The molecule has 0 amide bonds. The molecule has 1 atom stereocenters. The lowest BCUT2D eigenvalue weighted by Crippen LogP contribution is -2.23. The zero-order valence-electron chi connectivity index (χ0n) is 11.7. The molecule has 1 unspecified atom stereocenters. The van der Waals surface area contributed by atoms with Crippen molar-refractivity contribution in [1.82, 2.24) is 9.97 Å². The molecule has 0 spiro atoms. The monoisotopic (exact) mass is 242 g/mol. The van der Waals surface area contributed by atoms with Crippen LogP contribution in [-0.4, -0.2) is 9.97 Å². The summed E-state index contributed by atoms with van der Waals surface area (Å²) in [4.78, 5) is 9.24. The third kappa shape index (κ3) is 2.21. The van der Waals surface area contributed by atoms with Crippen LogP contribution >= 0.6 is 0 Å². The maximum absolute atomic E-state index is 4.66. The van der Waals surface area contributed by atoms with Crippen LogP contribution in [0, 0.1) is 18.3 Å². The third-order valence-electron chi connectivity index (χ3n) is 4.43. The van der Waals surface area contributed by atoms with Gasteiger partial charge in [0.05, 0.1) is 17.1 Å². The molecule has 0 bridgehead atoms. The molecule has 2 aliphatic carbocycles. The van der Waals surface area contributed by atoms with Crippen molar-refractivity contribution in [2.24, 2.45) is 11.3 Å². The van der Waals surface area contributed by atoms with E-state index in [1.54, 1.807) is 5.57 Å². The van der Waals surface area contributed by atoms with Crippen LogP contribution < -0.4 is 0 Å². The lowest BCUT2D eigenvalue weighted by atomic mass is 9.69. The van der Waals surface area contributed by atoms with Crippen LogP contribution in [0.4, 0.5) is 0 Å². The van der Waals surface area contributed by atoms with E-state index < -0.39 is 0 Å². The first-order valence-electron chi connectivity index (χ1n) is 7.06. The fourth-order valence-corrected chi connectivity index (χ4v) is 3.36. The Balaban J connectivity index is 1.99. The number of nitrogens with zero attached hydrogens (tertiary/aromatic N) is 2. The average molecular weight is 242 g/mol. The molecule has 1 fully saturated rings. The molecule has 0 radical (unpaired) electrons. The van der Waals surface area contributed by atoms with E-state index in [0.717, 1.165) is 23.7 Å². The minimum atomic E-state index is 0.463. The van der Waals surface area contributed by atoms with Gasteiger partial charge in [0.25, 0.3) is 0 Å². The van der Waals surface area contributed by atoms with Gasteiger partial charge in [-0.3, -0.25) is 9.97 Å². The number of hydrogen-bond acceptors (Lipinski definition) is 2. The molecule has 2 aliphatic rings. The van der Waals surface area contributed by atoms with Crippen LogP contribution in [0.25, 0.3) is 6.08 Å². The fourth-order valence-electron chi connectivity index (χ4n) is 3.36. The summed E-state index contributed by atoms with van der Waals surface area (Å²) < 4.78 is 0. The maximum atomic E-state index is 4.66. The molecule has 2 nitrogen and oxygen atoms in total. The molecule has 0 aliphatic heterocycles. The van der Waals surface area contributed by atoms with Crippen LogP contribution in [0.15, 0.2) is 11.8 Å². The van der Waals surface area contributed by atoms with Crippen molar-refractivity contribution >= 4 is 6.08 Å². The van der Waals surface area contributed by atoms with Gasteiger partial charge in [-0.15, -0.1) is 0 Å². The van der Waals surface area contributed by atoms with E-state index >= 15 is 0 Å². The van der Waals surface area contributed by atoms with Gasteiger partial charge in [0.2, 0.25) is 0 Å². The van der Waals surface area contributed by atoms with Gasteiger partial charge in [-0.25, -0.2) is 0 Å². The zero-order chi connectivity index (χ0) is 12.8. The summed E-state index contributed by atoms with van der Waals surface area (Å²) in [5.74, 6) is 0.773. The Hall–Kier alpha value is -1.18. The Morgan fingerprint density at radius 1 is 1.28 bits per heavy atom. The molecule has 1 heterocycles. The molecule has 0 N–H and O–H groups in total. The van der Waals surface area contributed by atoms with Gasteiger partial charge < -0.3 is 0 Å². The average Bonchev–Trinajstić information content (AvgIpc) is 2.46. The second kappa shape index (κ2) is 4.18. The smallest absolute Gasteiger partial charge is 0.0844 e. The van der Waals surface area contributed by atoms with Gasteiger partial charge in [0.15, 0.2) is 0 Å². The lowest BCUT2D eigenvalue weighted by Gasteiger charge is -2.36. The third-order valence-corrected chi connectivity index (χ3v) is 4.43. The predicted octanol–water partition coefficient (Wildman–Crippen LogP) is 3.94. The van der Waals surface area contributed by atoms with Gasteiger partial charge >= 0.3 is 0 Å². The van der Waals surface area contributed by atoms with E-state index in [0.29, 0.717) is 5.41 Å². The van der Waals surface area contributed by atoms with Gasteiger partial charge in [0, 0.05) is 6.20 Å². The van der Waals surface area contributed by atoms with E-state index in [4.69, 9.17) is 0 Å². The summed E-state index contributed by atoms with van der Waals surface area (Å²) in [5, 5.41) is 0. The van der Waals surface area contributed by atoms with Crippen molar-refractivity contribution in [3.05, 3.63) is 28.9 Å². The number of hydrogen-bond donors (Lipinski definition) is 0. The van der Waals surface area contributed by atoms with E-state index in [-0.39, 0.29) is 0 Å². The summed E-state index contributed by atoms with van der Waals surface area (Å²) >= 11 is 0. The first-order chi connectivity index (χ1) is 8.53. The highest BCUT2D eigenvalue weighted by molar-refractivity contribution is 5.53. The van der Waals surface area contributed by atoms with Crippen LogP contribution in [0.1, 0.15) is 56.6 Å². The molecular weight excluding hydrogens is 220 g/mol. The van der Waals surface area contributed by atoms with Crippen LogP contribution in [0.2, 0.25) is 0 Å². The second-order valence-corrected chi connectivity index (χ2v) is 6.68. The molecule has 3 rings (SSSR count). The van der Waals surface area contributed by atoms with Crippen molar-refractivity contribution in [2.75, 3.05) is 0 Å². The van der Waals surface area contributed by atoms with Crippen LogP contribution in [-0.2, 0) is 6.42 Å². The minimum Gasteiger partial charge on any atom is -0.254 e. The minimum absolute atomic E-state index is 0.463. The number of fused-ring (bicyclic) bond motifs is 2. The Kier molecular flexibility index (Phi) is 2.76. The highest BCUT2D eigenvalue weighted by Crippen LogP contribution is 2.44. The van der Waals surface area contributed by atoms with Gasteiger partial charge in [-0.05, 0) is 56.4 Å². The van der Waals surface area contributed by atoms with Crippen molar-refractivity contribution in [3.63, 3.8) is 0 Å². The first kappa shape index (κ1) is 11.9. The van der Waals surface area contributed by atoms with E-state index in [1.807, 2.05) is 13.1 Å². The zero-order valence-corrected chi connectivity index (χ0v) is 11.7. The molecule has 0 aromatic carbocycles. The van der Waals surface area contributed by atoms with Crippen LogP contribution in [0.3, 0.4) is 0 Å². The van der Waals surface area contributed by atoms with Gasteiger partial charge in [-0.1, -0.05) is 19.4 Å². The number of rotatable bonds is 0. The van der Waals surface area contributed by atoms with E-state index in [9.17, 15) is 0 Å². The molecule has 1 saturated carbocycles. The fraction of sp³-hybridized carbons (Fsp3) is 0.625. The SMILES string of the molecule is Cc1cnc2c(n1)CCC1CCC(C)(C)CC1=C2. The maximum Gasteiger partial charge on any atom is 0.0844 e. The summed E-state index contributed by atoms with van der Waals surface area (Å²) in [7, 11) is 0. The first-order valence-corrected chi connectivity index (χ1v) is 7.06. The number of allylic oxidation sites excluding steroid dienone is 1. The summed E-state index contributed by atoms with van der Waals surface area (Å²) in [6, 6.07) is 0.